The average Bonchev–Trinajstić information content (AvgIpc) is 2.79. The van der Waals surface area contributed by atoms with Crippen molar-refractivity contribution >= 4 is 6.29 Å². The summed E-state index contributed by atoms with van der Waals surface area (Å²) in [5.41, 5.74) is 3.96. The van der Waals surface area contributed by atoms with Gasteiger partial charge in [0.1, 0.15) is 5.75 Å². The van der Waals surface area contributed by atoms with Crippen LogP contribution in [0.1, 0.15) is 27.2 Å². The van der Waals surface area contributed by atoms with Crippen molar-refractivity contribution in [1.29, 1.82) is 0 Å². The highest BCUT2D eigenvalue weighted by Gasteiger charge is 2.06. The van der Waals surface area contributed by atoms with Crippen molar-refractivity contribution in [3.05, 3.63) is 52.8 Å². The molecule has 0 bridgehead atoms. The first-order valence-corrected chi connectivity index (χ1v) is 5.49. The SMILES string of the molecule is COc1cc(C)ccc1Cc1cc(C=O)c[nH]1. The van der Waals surface area contributed by atoms with Gasteiger partial charge in [-0.2, -0.15) is 0 Å². The van der Waals surface area contributed by atoms with Gasteiger partial charge in [-0.1, -0.05) is 12.1 Å². The normalized spacial score (nSPS) is 10.2. The van der Waals surface area contributed by atoms with Gasteiger partial charge in [0, 0.05) is 23.9 Å². The minimum atomic E-state index is 0.672. The van der Waals surface area contributed by atoms with E-state index in [9.17, 15) is 4.79 Å². The van der Waals surface area contributed by atoms with Gasteiger partial charge >= 0.3 is 0 Å². The van der Waals surface area contributed by atoms with E-state index in [0.29, 0.717) is 5.56 Å². The summed E-state index contributed by atoms with van der Waals surface area (Å²) in [6.07, 6.45) is 3.28. The maximum Gasteiger partial charge on any atom is 0.151 e. The average molecular weight is 229 g/mol. The summed E-state index contributed by atoms with van der Waals surface area (Å²) >= 11 is 0. The Morgan fingerprint density at radius 3 is 2.82 bits per heavy atom. The minimum absolute atomic E-state index is 0.672. The van der Waals surface area contributed by atoms with Gasteiger partial charge in [-0.25, -0.2) is 0 Å². The van der Waals surface area contributed by atoms with E-state index in [1.54, 1.807) is 13.3 Å². The molecule has 0 aliphatic carbocycles. The van der Waals surface area contributed by atoms with Crippen LogP contribution < -0.4 is 4.74 Å². The molecule has 0 amide bonds. The zero-order chi connectivity index (χ0) is 12.3. The Kier molecular flexibility index (Phi) is 3.28. The Balaban J connectivity index is 2.25. The number of aryl methyl sites for hydroxylation is 1. The molecule has 2 aromatic rings. The smallest absolute Gasteiger partial charge is 0.151 e. The number of methoxy groups -OCH3 is 1. The third-order valence-electron chi connectivity index (χ3n) is 2.72. The fourth-order valence-electron chi connectivity index (χ4n) is 1.83. The van der Waals surface area contributed by atoms with Crippen molar-refractivity contribution in [3.63, 3.8) is 0 Å². The van der Waals surface area contributed by atoms with E-state index < -0.39 is 0 Å². The predicted molar refractivity (Wildman–Crippen MR) is 66.7 cm³/mol. The summed E-state index contributed by atoms with van der Waals surface area (Å²) in [6.45, 7) is 2.03. The van der Waals surface area contributed by atoms with E-state index in [2.05, 4.69) is 17.1 Å². The standard InChI is InChI=1S/C14H15NO2/c1-10-3-4-12(14(5-10)17-2)7-13-6-11(9-16)8-15-13/h3-6,8-9,15H,7H2,1-2H3. The largest absolute Gasteiger partial charge is 0.496 e. The molecule has 0 aliphatic heterocycles. The van der Waals surface area contributed by atoms with Gasteiger partial charge in [-0.3, -0.25) is 4.79 Å². The second-order valence-corrected chi connectivity index (χ2v) is 4.07. The molecule has 17 heavy (non-hydrogen) atoms. The first-order chi connectivity index (χ1) is 8.22. The van der Waals surface area contributed by atoms with Gasteiger partial charge in [0.05, 0.1) is 7.11 Å². The molecule has 1 aromatic heterocycles. The third kappa shape index (κ3) is 2.56. The van der Waals surface area contributed by atoms with Crippen molar-refractivity contribution < 1.29 is 9.53 Å². The fourth-order valence-corrected chi connectivity index (χ4v) is 1.83. The van der Waals surface area contributed by atoms with Gasteiger partial charge in [0.15, 0.2) is 6.29 Å². The molecule has 88 valence electrons. The van der Waals surface area contributed by atoms with Gasteiger partial charge < -0.3 is 9.72 Å². The highest BCUT2D eigenvalue weighted by Crippen LogP contribution is 2.22. The number of carbonyl (C=O) groups excluding carboxylic acids is 1. The number of aldehydes is 1. The molecule has 0 fully saturated rings. The second-order valence-electron chi connectivity index (χ2n) is 4.07. The van der Waals surface area contributed by atoms with Crippen LogP contribution in [0.3, 0.4) is 0 Å². The molecule has 2 rings (SSSR count). The van der Waals surface area contributed by atoms with Crippen LogP contribution in [-0.4, -0.2) is 18.4 Å². The molecule has 3 nitrogen and oxygen atoms in total. The molecule has 0 unspecified atom stereocenters. The van der Waals surface area contributed by atoms with Crippen molar-refractivity contribution in [2.75, 3.05) is 7.11 Å². The van der Waals surface area contributed by atoms with E-state index in [0.717, 1.165) is 29.7 Å². The number of aromatic nitrogens is 1. The topological polar surface area (TPSA) is 42.1 Å². The van der Waals surface area contributed by atoms with Crippen LogP contribution in [0.15, 0.2) is 30.5 Å². The molecule has 1 heterocycles. The molecule has 0 saturated heterocycles. The van der Waals surface area contributed by atoms with E-state index in [1.165, 1.54) is 5.56 Å². The van der Waals surface area contributed by atoms with E-state index in [-0.39, 0.29) is 0 Å². The summed E-state index contributed by atoms with van der Waals surface area (Å²) in [5.74, 6) is 0.882. The lowest BCUT2D eigenvalue weighted by Crippen LogP contribution is -1.94. The van der Waals surface area contributed by atoms with E-state index >= 15 is 0 Å². The van der Waals surface area contributed by atoms with Crippen molar-refractivity contribution in [1.82, 2.24) is 4.98 Å². The fraction of sp³-hybridized carbons (Fsp3) is 0.214. The Bertz CT molecular complexity index is 529. The first kappa shape index (κ1) is 11.5. The van der Waals surface area contributed by atoms with Crippen LogP contribution in [0.4, 0.5) is 0 Å². The van der Waals surface area contributed by atoms with Crippen LogP contribution in [0.5, 0.6) is 5.75 Å². The third-order valence-corrected chi connectivity index (χ3v) is 2.72. The highest BCUT2D eigenvalue weighted by atomic mass is 16.5. The maximum atomic E-state index is 10.6. The lowest BCUT2D eigenvalue weighted by atomic mass is 10.1. The molecule has 0 aliphatic rings. The maximum absolute atomic E-state index is 10.6. The molecule has 0 saturated carbocycles. The Labute approximate surface area is 100 Å². The van der Waals surface area contributed by atoms with E-state index in [4.69, 9.17) is 4.74 Å². The monoisotopic (exact) mass is 229 g/mol. The Morgan fingerprint density at radius 1 is 1.35 bits per heavy atom. The molecule has 1 aromatic carbocycles. The minimum Gasteiger partial charge on any atom is -0.496 e. The number of H-pyrrole nitrogens is 1. The summed E-state index contributed by atoms with van der Waals surface area (Å²) in [5, 5.41) is 0. The summed E-state index contributed by atoms with van der Waals surface area (Å²) in [6, 6.07) is 7.97. The summed E-state index contributed by atoms with van der Waals surface area (Å²) in [7, 11) is 1.67. The van der Waals surface area contributed by atoms with Crippen LogP contribution in [0, 0.1) is 6.92 Å². The molecule has 3 heteroatoms. The van der Waals surface area contributed by atoms with Gasteiger partial charge in [0.25, 0.3) is 0 Å². The van der Waals surface area contributed by atoms with Crippen LogP contribution in [0.25, 0.3) is 0 Å². The summed E-state index contributed by atoms with van der Waals surface area (Å²) < 4.78 is 5.35. The Hall–Kier alpha value is -2.03. The number of carbonyl (C=O) groups is 1. The first-order valence-electron chi connectivity index (χ1n) is 5.49. The number of ether oxygens (including phenoxy) is 1. The number of benzene rings is 1. The van der Waals surface area contributed by atoms with Crippen molar-refractivity contribution in [2.24, 2.45) is 0 Å². The Morgan fingerprint density at radius 2 is 2.18 bits per heavy atom. The van der Waals surface area contributed by atoms with Crippen molar-refractivity contribution in [3.8, 4) is 5.75 Å². The molecular weight excluding hydrogens is 214 g/mol. The number of hydrogen-bond donors (Lipinski definition) is 1. The summed E-state index contributed by atoms with van der Waals surface area (Å²) in [4.78, 5) is 13.7. The highest BCUT2D eigenvalue weighted by molar-refractivity contribution is 5.74. The zero-order valence-corrected chi connectivity index (χ0v) is 9.99. The lowest BCUT2D eigenvalue weighted by molar-refractivity contribution is 0.112. The van der Waals surface area contributed by atoms with Crippen LogP contribution in [-0.2, 0) is 6.42 Å². The van der Waals surface area contributed by atoms with Gasteiger partial charge in [-0.05, 0) is 30.2 Å². The quantitative estimate of drug-likeness (QED) is 0.819. The zero-order valence-electron chi connectivity index (χ0n) is 9.99. The van der Waals surface area contributed by atoms with E-state index in [1.807, 2.05) is 19.1 Å². The number of hydrogen-bond acceptors (Lipinski definition) is 2. The number of nitrogens with one attached hydrogen (secondary N) is 1. The number of rotatable bonds is 4. The van der Waals surface area contributed by atoms with Gasteiger partial charge in [0.2, 0.25) is 0 Å². The molecule has 0 spiro atoms. The van der Waals surface area contributed by atoms with Gasteiger partial charge in [-0.15, -0.1) is 0 Å². The molecule has 0 radical (unpaired) electrons. The van der Waals surface area contributed by atoms with Crippen LogP contribution in [0.2, 0.25) is 0 Å². The molecule has 1 N–H and O–H groups in total. The predicted octanol–water partition coefficient (Wildman–Crippen LogP) is 2.74. The lowest BCUT2D eigenvalue weighted by Gasteiger charge is -2.08. The second kappa shape index (κ2) is 4.87. The van der Waals surface area contributed by atoms with Crippen LogP contribution >= 0.6 is 0 Å². The number of aromatic amines is 1. The molecular formula is C14H15NO2. The van der Waals surface area contributed by atoms with Crippen molar-refractivity contribution in [2.45, 2.75) is 13.3 Å². The molecule has 0 atom stereocenters.